The second kappa shape index (κ2) is 3.21. The molecule has 5 heteroatoms. The first-order valence-electron chi connectivity index (χ1n) is 4.76. The Morgan fingerprint density at radius 2 is 2.31 bits per heavy atom. The molecule has 1 aromatic carbocycles. The topological polar surface area (TPSA) is 66.5 Å². The monoisotopic (exact) mass is 209 g/mol. The fourth-order valence-electron chi connectivity index (χ4n) is 1.67. The molecular formula is C11H7N5. The lowest BCUT2D eigenvalue weighted by Gasteiger charge is -2.05. The number of nitriles is 1. The SMILES string of the molecule is N#Cc1ccc2c(c1)-c1ncnn1C=CN2. The molecule has 0 saturated carbocycles. The summed E-state index contributed by atoms with van der Waals surface area (Å²) in [6.07, 6.45) is 5.07. The van der Waals surface area contributed by atoms with Gasteiger partial charge in [0.2, 0.25) is 0 Å². The van der Waals surface area contributed by atoms with Crippen molar-refractivity contribution in [3.63, 3.8) is 0 Å². The van der Waals surface area contributed by atoms with Crippen LogP contribution in [-0.4, -0.2) is 14.8 Å². The second-order valence-corrected chi connectivity index (χ2v) is 3.36. The number of hydrogen-bond acceptors (Lipinski definition) is 4. The van der Waals surface area contributed by atoms with Gasteiger partial charge in [0.1, 0.15) is 6.33 Å². The van der Waals surface area contributed by atoms with Gasteiger partial charge < -0.3 is 5.32 Å². The van der Waals surface area contributed by atoms with E-state index in [2.05, 4.69) is 21.5 Å². The van der Waals surface area contributed by atoms with Crippen LogP contribution in [0.5, 0.6) is 0 Å². The van der Waals surface area contributed by atoms with E-state index >= 15 is 0 Å². The number of benzene rings is 1. The lowest BCUT2D eigenvalue weighted by atomic mass is 10.1. The summed E-state index contributed by atoms with van der Waals surface area (Å²) in [5.41, 5.74) is 2.40. The third-order valence-corrected chi connectivity index (χ3v) is 2.42. The molecule has 0 unspecified atom stereocenters. The van der Waals surface area contributed by atoms with Crippen molar-refractivity contribution in [2.75, 3.05) is 5.32 Å². The van der Waals surface area contributed by atoms with E-state index in [0.29, 0.717) is 5.56 Å². The van der Waals surface area contributed by atoms with E-state index in [-0.39, 0.29) is 0 Å². The van der Waals surface area contributed by atoms with Crippen LogP contribution in [0.3, 0.4) is 0 Å². The number of fused-ring (bicyclic) bond motifs is 3. The molecule has 0 aliphatic carbocycles. The summed E-state index contributed by atoms with van der Waals surface area (Å²) < 4.78 is 1.67. The van der Waals surface area contributed by atoms with Gasteiger partial charge in [-0.1, -0.05) is 0 Å². The molecule has 0 amide bonds. The van der Waals surface area contributed by atoms with Crippen LogP contribution >= 0.6 is 0 Å². The molecule has 1 N–H and O–H groups in total. The zero-order valence-electron chi connectivity index (χ0n) is 8.25. The molecule has 0 bridgehead atoms. The minimum Gasteiger partial charge on any atom is -0.360 e. The molecule has 1 aliphatic rings. The zero-order chi connectivity index (χ0) is 11.0. The molecule has 5 nitrogen and oxygen atoms in total. The minimum absolute atomic E-state index is 0.608. The average Bonchev–Trinajstić information content (AvgIpc) is 2.71. The fraction of sp³-hybridized carbons (Fsp3) is 0. The molecule has 2 aromatic rings. The predicted molar refractivity (Wildman–Crippen MR) is 59.1 cm³/mol. The maximum Gasteiger partial charge on any atom is 0.164 e. The van der Waals surface area contributed by atoms with Crippen LogP contribution in [0.2, 0.25) is 0 Å². The van der Waals surface area contributed by atoms with E-state index in [9.17, 15) is 0 Å². The fourth-order valence-corrected chi connectivity index (χ4v) is 1.67. The zero-order valence-corrected chi connectivity index (χ0v) is 8.25. The maximum atomic E-state index is 8.88. The highest BCUT2D eigenvalue weighted by Gasteiger charge is 2.13. The quantitative estimate of drug-likeness (QED) is 0.716. The number of nitrogens with one attached hydrogen (secondary N) is 1. The predicted octanol–water partition coefficient (Wildman–Crippen LogP) is 1.67. The van der Waals surface area contributed by atoms with E-state index in [1.165, 1.54) is 6.33 Å². The van der Waals surface area contributed by atoms with Crippen molar-refractivity contribution >= 4 is 11.9 Å². The van der Waals surface area contributed by atoms with Gasteiger partial charge in [0.25, 0.3) is 0 Å². The molecule has 1 aromatic heterocycles. The summed E-state index contributed by atoms with van der Waals surface area (Å²) >= 11 is 0. The van der Waals surface area contributed by atoms with E-state index in [4.69, 9.17) is 5.26 Å². The second-order valence-electron chi connectivity index (χ2n) is 3.36. The molecule has 0 spiro atoms. The summed E-state index contributed by atoms with van der Waals surface area (Å²) in [6.45, 7) is 0. The normalized spacial score (nSPS) is 11.9. The van der Waals surface area contributed by atoms with E-state index < -0.39 is 0 Å². The summed E-state index contributed by atoms with van der Waals surface area (Å²) in [5.74, 6) is 0.730. The summed E-state index contributed by atoms with van der Waals surface area (Å²) in [4.78, 5) is 4.18. The average molecular weight is 209 g/mol. The van der Waals surface area contributed by atoms with Gasteiger partial charge in [0.15, 0.2) is 5.82 Å². The molecule has 16 heavy (non-hydrogen) atoms. The van der Waals surface area contributed by atoms with Crippen molar-refractivity contribution in [3.05, 3.63) is 36.3 Å². The highest BCUT2D eigenvalue weighted by molar-refractivity contribution is 5.78. The number of rotatable bonds is 0. The molecular weight excluding hydrogens is 202 g/mol. The van der Waals surface area contributed by atoms with E-state index in [1.807, 2.05) is 6.07 Å². The number of hydrogen-bond donors (Lipinski definition) is 1. The molecule has 0 saturated heterocycles. The molecule has 1 aliphatic heterocycles. The first-order chi connectivity index (χ1) is 7.88. The van der Waals surface area contributed by atoms with Crippen molar-refractivity contribution < 1.29 is 0 Å². The van der Waals surface area contributed by atoms with E-state index in [1.54, 1.807) is 29.2 Å². The Labute approximate surface area is 91.7 Å². The summed E-state index contributed by atoms with van der Waals surface area (Å²) in [5, 5.41) is 16.1. The van der Waals surface area contributed by atoms with Crippen LogP contribution in [0.4, 0.5) is 5.69 Å². The highest BCUT2D eigenvalue weighted by Crippen LogP contribution is 2.29. The molecule has 2 heterocycles. The van der Waals surface area contributed by atoms with Crippen LogP contribution in [0.1, 0.15) is 5.56 Å². The first kappa shape index (κ1) is 8.68. The Bertz CT molecular complexity index is 618. The number of aromatic nitrogens is 3. The molecule has 76 valence electrons. The van der Waals surface area contributed by atoms with Gasteiger partial charge in [-0.05, 0) is 18.2 Å². The number of nitrogens with zero attached hydrogens (tertiary/aromatic N) is 4. The molecule has 0 fully saturated rings. The van der Waals surface area contributed by atoms with Gasteiger partial charge in [-0.3, -0.25) is 0 Å². The third-order valence-electron chi connectivity index (χ3n) is 2.42. The standard InChI is InChI=1S/C11H7N5/c12-6-8-1-2-10-9(5-8)11-14-7-15-16(11)4-3-13-10/h1-5,7,13H. The van der Waals surface area contributed by atoms with Crippen molar-refractivity contribution in [3.8, 4) is 17.5 Å². The van der Waals surface area contributed by atoms with Crippen molar-refractivity contribution in [1.82, 2.24) is 14.8 Å². The van der Waals surface area contributed by atoms with Crippen LogP contribution in [0.15, 0.2) is 30.7 Å². The Balaban J connectivity index is 2.30. The summed E-state index contributed by atoms with van der Waals surface area (Å²) in [7, 11) is 0. The third kappa shape index (κ3) is 1.17. The summed E-state index contributed by atoms with van der Waals surface area (Å²) in [6, 6.07) is 7.55. The molecule has 3 rings (SSSR count). The highest BCUT2D eigenvalue weighted by atomic mass is 15.3. The van der Waals surface area contributed by atoms with Crippen molar-refractivity contribution in [1.29, 1.82) is 5.26 Å². The van der Waals surface area contributed by atoms with Gasteiger partial charge in [-0.2, -0.15) is 10.4 Å². The van der Waals surface area contributed by atoms with Crippen LogP contribution < -0.4 is 5.32 Å². The van der Waals surface area contributed by atoms with Crippen LogP contribution in [0.25, 0.3) is 17.6 Å². The molecule has 0 atom stereocenters. The smallest absolute Gasteiger partial charge is 0.164 e. The van der Waals surface area contributed by atoms with Gasteiger partial charge in [-0.15, -0.1) is 0 Å². The Hall–Kier alpha value is -2.61. The van der Waals surface area contributed by atoms with Gasteiger partial charge in [-0.25, -0.2) is 9.67 Å². The van der Waals surface area contributed by atoms with Crippen LogP contribution in [-0.2, 0) is 0 Å². The van der Waals surface area contributed by atoms with Crippen molar-refractivity contribution in [2.45, 2.75) is 0 Å². The first-order valence-corrected chi connectivity index (χ1v) is 4.76. The minimum atomic E-state index is 0.608. The largest absolute Gasteiger partial charge is 0.360 e. The van der Waals surface area contributed by atoms with Crippen molar-refractivity contribution in [2.24, 2.45) is 0 Å². The lowest BCUT2D eigenvalue weighted by molar-refractivity contribution is 0.943. The molecule has 0 radical (unpaired) electrons. The van der Waals surface area contributed by atoms with Gasteiger partial charge >= 0.3 is 0 Å². The van der Waals surface area contributed by atoms with Gasteiger partial charge in [0, 0.05) is 23.7 Å². The lowest BCUT2D eigenvalue weighted by Crippen LogP contribution is -1.93. The van der Waals surface area contributed by atoms with Crippen LogP contribution in [0, 0.1) is 11.3 Å². The van der Waals surface area contributed by atoms with E-state index in [0.717, 1.165) is 17.1 Å². The Kier molecular flexibility index (Phi) is 1.74. The Morgan fingerprint density at radius 1 is 1.38 bits per heavy atom. The van der Waals surface area contributed by atoms with Gasteiger partial charge in [0.05, 0.1) is 11.6 Å². The number of anilines is 1. The maximum absolute atomic E-state index is 8.88. The Morgan fingerprint density at radius 3 is 3.19 bits per heavy atom.